The third-order valence-corrected chi connectivity index (χ3v) is 3.04. The zero-order chi connectivity index (χ0) is 19.1. The normalized spacial score (nSPS) is 11.0. The quantitative estimate of drug-likeness (QED) is 0.407. The predicted octanol–water partition coefficient (Wildman–Crippen LogP) is 0.292. The lowest BCUT2D eigenvalue weighted by Gasteiger charge is -2.09. The van der Waals surface area contributed by atoms with Crippen LogP contribution in [0, 0.1) is 5.92 Å². The first-order valence-electron chi connectivity index (χ1n) is 8.66. The van der Waals surface area contributed by atoms with Gasteiger partial charge in [-0.25, -0.2) is 0 Å². The van der Waals surface area contributed by atoms with E-state index >= 15 is 0 Å². The molecular formula is C17H32N2O6. The van der Waals surface area contributed by atoms with Gasteiger partial charge in [0, 0.05) is 25.4 Å². The first-order valence-corrected chi connectivity index (χ1v) is 8.66. The van der Waals surface area contributed by atoms with E-state index in [1.807, 2.05) is 27.7 Å². The average Bonchev–Trinajstić information content (AvgIpc) is 2.53. The van der Waals surface area contributed by atoms with Crippen LogP contribution in [0.5, 0.6) is 0 Å². The van der Waals surface area contributed by atoms with Crippen molar-refractivity contribution in [1.82, 2.24) is 10.6 Å². The second-order valence-corrected chi connectivity index (χ2v) is 6.10. The van der Waals surface area contributed by atoms with E-state index in [1.165, 1.54) is 0 Å². The van der Waals surface area contributed by atoms with Crippen molar-refractivity contribution in [2.75, 3.05) is 46.1 Å². The summed E-state index contributed by atoms with van der Waals surface area (Å²) in [4.78, 5) is 34.2. The van der Waals surface area contributed by atoms with Crippen LogP contribution in [0.15, 0.2) is 0 Å². The molecule has 0 fully saturated rings. The van der Waals surface area contributed by atoms with E-state index in [2.05, 4.69) is 10.6 Å². The Morgan fingerprint density at radius 3 is 1.92 bits per heavy atom. The summed E-state index contributed by atoms with van der Waals surface area (Å²) in [6, 6.07) is 0. The maximum atomic E-state index is 11.5. The third kappa shape index (κ3) is 15.7. The highest BCUT2D eigenvalue weighted by Gasteiger charge is 2.07. The summed E-state index contributed by atoms with van der Waals surface area (Å²) in [6.07, 6.45) is 0.411. The van der Waals surface area contributed by atoms with E-state index in [9.17, 15) is 14.4 Å². The van der Waals surface area contributed by atoms with E-state index in [0.29, 0.717) is 26.1 Å². The van der Waals surface area contributed by atoms with Crippen molar-refractivity contribution >= 4 is 17.6 Å². The molecule has 8 nitrogen and oxygen atoms in total. The fourth-order valence-corrected chi connectivity index (χ4v) is 1.56. The molecule has 0 aliphatic rings. The number of hydrogen-bond acceptors (Lipinski definition) is 6. The Morgan fingerprint density at radius 1 is 0.800 bits per heavy atom. The van der Waals surface area contributed by atoms with Gasteiger partial charge in [-0.3, -0.25) is 14.4 Å². The summed E-state index contributed by atoms with van der Waals surface area (Å²) in [7, 11) is 0. The number of carbonyl (C=O) groups is 3. The number of carbonyl (C=O) groups excluding carboxylic acids is 3. The molecule has 0 atom stereocenters. The van der Waals surface area contributed by atoms with Crippen LogP contribution in [-0.2, 0) is 28.6 Å². The first kappa shape index (κ1) is 23.5. The van der Waals surface area contributed by atoms with Crippen LogP contribution in [0.1, 0.15) is 34.1 Å². The molecule has 0 saturated carbocycles. The van der Waals surface area contributed by atoms with Gasteiger partial charge in [-0.05, 0) is 13.8 Å². The number of amides is 2. The maximum absolute atomic E-state index is 11.5. The molecule has 0 aromatic heterocycles. The number of rotatable bonds is 15. The Morgan fingerprint density at radius 2 is 1.36 bits per heavy atom. The van der Waals surface area contributed by atoms with Crippen molar-refractivity contribution in [2.24, 2.45) is 5.92 Å². The fourth-order valence-electron chi connectivity index (χ4n) is 1.56. The van der Waals surface area contributed by atoms with Crippen molar-refractivity contribution in [3.05, 3.63) is 0 Å². The van der Waals surface area contributed by atoms with Gasteiger partial charge in [0.1, 0.15) is 13.2 Å². The molecule has 0 saturated heterocycles. The Labute approximate surface area is 150 Å². The van der Waals surface area contributed by atoms with Crippen LogP contribution < -0.4 is 10.6 Å². The molecule has 2 amide bonds. The van der Waals surface area contributed by atoms with Crippen molar-refractivity contribution < 1.29 is 28.6 Å². The van der Waals surface area contributed by atoms with Gasteiger partial charge < -0.3 is 24.8 Å². The smallest absolute Gasteiger partial charge is 0.246 e. The number of ketones is 1. The SMILES string of the molecule is CC(C)OCCC(=O)NCCOCC(=O)NCCOCC(=O)C(C)C. The molecule has 8 heteroatoms. The molecular weight excluding hydrogens is 328 g/mol. The topological polar surface area (TPSA) is 103 Å². The number of nitrogens with one attached hydrogen (secondary N) is 2. The monoisotopic (exact) mass is 360 g/mol. The van der Waals surface area contributed by atoms with Crippen molar-refractivity contribution in [3.63, 3.8) is 0 Å². The van der Waals surface area contributed by atoms with Gasteiger partial charge >= 0.3 is 0 Å². The van der Waals surface area contributed by atoms with Crippen molar-refractivity contribution in [1.29, 1.82) is 0 Å². The minimum absolute atomic E-state index is 0.0347. The van der Waals surface area contributed by atoms with Gasteiger partial charge in [0.05, 0.1) is 25.9 Å². The van der Waals surface area contributed by atoms with Crippen LogP contribution in [0.3, 0.4) is 0 Å². The van der Waals surface area contributed by atoms with Gasteiger partial charge in [-0.15, -0.1) is 0 Å². The van der Waals surface area contributed by atoms with Gasteiger partial charge in [0.2, 0.25) is 11.8 Å². The molecule has 0 aromatic carbocycles. The second-order valence-electron chi connectivity index (χ2n) is 6.10. The summed E-state index contributed by atoms with van der Waals surface area (Å²) >= 11 is 0. The highest BCUT2D eigenvalue weighted by Crippen LogP contribution is 1.94. The minimum Gasteiger partial charge on any atom is -0.378 e. The standard InChI is InChI=1S/C17H32N2O6/c1-13(2)15(20)11-23-9-7-19-17(22)12-24-10-6-18-16(21)5-8-25-14(3)4/h13-14H,5-12H2,1-4H3,(H,18,21)(H,19,22). The van der Waals surface area contributed by atoms with E-state index in [4.69, 9.17) is 14.2 Å². The zero-order valence-corrected chi connectivity index (χ0v) is 15.8. The molecule has 0 heterocycles. The largest absolute Gasteiger partial charge is 0.378 e. The second kappa shape index (κ2) is 14.8. The van der Waals surface area contributed by atoms with Crippen LogP contribution in [0.2, 0.25) is 0 Å². The Balaban J connectivity index is 3.43. The zero-order valence-electron chi connectivity index (χ0n) is 15.8. The molecule has 0 bridgehead atoms. The lowest BCUT2D eigenvalue weighted by molar-refractivity contribution is -0.127. The minimum atomic E-state index is -0.268. The van der Waals surface area contributed by atoms with Crippen LogP contribution in [0.4, 0.5) is 0 Å². The summed E-state index contributed by atoms with van der Waals surface area (Å²) in [5.41, 5.74) is 0. The molecule has 0 unspecified atom stereocenters. The van der Waals surface area contributed by atoms with Gasteiger partial charge in [-0.2, -0.15) is 0 Å². The molecule has 0 aliphatic carbocycles. The van der Waals surface area contributed by atoms with Gasteiger partial charge in [-0.1, -0.05) is 13.8 Å². The van der Waals surface area contributed by atoms with Crippen LogP contribution in [-0.4, -0.2) is 69.8 Å². The predicted molar refractivity (Wildman–Crippen MR) is 93.2 cm³/mol. The maximum Gasteiger partial charge on any atom is 0.246 e. The van der Waals surface area contributed by atoms with E-state index in [0.717, 1.165) is 0 Å². The van der Waals surface area contributed by atoms with Crippen molar-refractivity contribution in [2.45, 2.75) is 40.2 Å². The molecule has 0 aromatic rings. The molecule has 2 N–H and O–H groups in total. The fraction of sp³-hybridized carbons (Fsp3) is 0.824. The molecule has 0 radical (unpaired) electrons. The van der Waals surface area contributed by atoms with Crippen LogP contribution >= 0.6 is 0 Å². The Bertz CT molecular complexity index is 399. The van der Waals surface area contributed by atoms with Gasteiger partial charge in [0.15, 0.2) is 5.78 Å². The molecule has 25 heavy (non-hydrogen) atoms. The van der Waals surface area contributed by atoms with Gasteiger partial charge in [0.25, 0.3) is 0 Å². The number of ether oxygens (including phenoxy) is 3. The molecule has 0 rings (SSSR count). The lowest BCUT2D eigenvalue weighted by atomic mass is 10.1. The number of Topliss-reactive ketones (excluding diaryl/α,β-unsaturated/α-hetero) is 1. The van der Waals surface area contributed by atoms with E-state index in [-0.39, 0.29) is 56.0 Å². The Hall–Kier alpha value is -1.51. The third-order valence-electron chi connectivity index (χ3n) is 3.04. The molecule has 146 valence electrons. The summed E-state index contributed by atoms with van der Waals surface area (Å²) in [6.45, 7) is 9.00. The number of hydrogen-bond donors (Lipinski definition) is 2. The lowest BCUT2D eigenvalue weighted by Crippen LogP contribution is -2.33. The highest BCUT2D eigenvalue weighted by molar-refractivity contribution is 5.81. The van der Waals surface area contributed by atoms with E-state index < -0.39 is 0 Å². The summed E-state index contributed by atoms with van der Waals surface area (Å²) in [5.74, 6) is -0.393. The molecule has 0 aliphatic heterocycles. The van der Waals surface area contributed by atoms with Crippen LogP contribution in [0.25, 0.3) is 0 Å². The van der Waals surface area contributed by atoms with E-state index in [1.54, 1.807) is 0 Å². The summed E-state index contributed by atoms with van der Waals surface area (Å²) in [5, 5.41) is 5.30. The Kier molecular flexibility index (Phi) is 13.9. The highest BCUT2D eigenvalue weighted by atomic mass is 16.5. The summed E-state index contributed by atoms with van der Waals surface area (Å²) < 4.78 is 15.6. The van der Waals surface area contributed by atoms with Crippen molar-refractivity contribution in [3.8, 4) is 0 Å². The molecule has 0 spiro atoms. The first-order chi connectivity index (χ1) is 11.8. The average molecular weight is 360 g/mol.